The quantitative estimate of drug-likeness (QED) is 0.717. The Balaban J connectivity index is 1.98. The fourth-order valence-electron chi connectivity index (χ4n) is 1.88. The van der Waals surface area contributed by atoms with E-state index in [2.05, 4.69) is 15.6 Å². The van der Waals surface area contributed by atoms with E-state index in [1.54, 1.807) is 19.3 Å². The van der Waals surface area contributed by atoms with Crippen molar-refractivity contribution in [2.75, 3.05) is 18.9 Å². The standard InChI is InChI=1S/C12H18N4O/c1-14-11(17)10-7-9(3-6-15-10)16-8-12(13)4-2-5-12/h3,6-7H,2,4-5,8,13H2,1H3,(H,14,17)(H,15,16). The molecule has 1 fully saturated rings. The first-order valence-electron chi connectivity index (χ1n) is 5.84. The summed E-state index contributed by atoms with van der Waals surface area (Å²) in [5, 5.41) is 5.81. The average Bonchev–Trinajstić information content (AvgIpc) is 2.33. The maximum Gasteiger partial charge on any atom is 0.269 e. The van der Waals surface area contributed by atoms with Crippen LogP contribution in [-0.2, 0) is 0 Å². The van der Waals surface area contributed by atoms with Gasteiger partial charge < -0.3 is 16.4 Å². The number of aromatic nitrogens is 1. The highest BCUT2D eigenvalue weighted by Gasteiger charge is 2.31. The molecule has 1 aliphatic carbocycles. The molecule has 0 aromatic carbocycles. The van der Waals surface area contributed by atoms with Crippen LogP contribution in [0.25, 0.3) is 0 Å². The summed E-state index contributed by atoms with van der Waals surface area (Å²) >= 11 is 0. The van der Waals surface area contributed by atoms with Crippen LogP contribution in [0, 0.1) is 0 Å². The lowest BCUT2D eigenvalue weighted by molar-refractivity contribution is 0.0958. The molecule has 0 unspecified atom stereocenters. The second-order valence-corrected chi connectivity index (χ2v) is 4.58. The number of rotatable bonds is 4. The summed E-state index contributed by atoms with van der Waals surface area (Å²) < 4.78 is 0. The van der Waals surface area contributed by atoms with Crippen LogP contribution >= 0.6 is 0 Å². The third-order valence-corrected chi connectivity index (χ3v) is 3.21. The van der Waals surface area contributed by atoms with Crippen LogP contribution < -0.4 is 16.4 Å². The van der Waals surface area contributed by atoms with Gasteiger partial charge in [0.1, 0.15) is 5.69 Å². The summed E-state index contributed by atoms with van der Waals surface area (Å²) in [4.78, 5) is 15.4. The zero-order chi connectivity index (χ0) is 12.3. The average molecular weight is 234 g/mol. The minimum absolute atomic E-state index is 0.0730. The van der Waals surface area contributed by atoms with Crippen LogP contribution in [0.2, 0.25) is 0 Å². The highest BCUT2D eigenvalue weighted by Crippen LogP contribution is 2.29. The molecule has 0 spiro atoms. The first-order chi connectivity index (χ1) is 8.13. The molecule has 1 amide bonds. The van der Waals surface area contributed by atoms with E-state index in [0.717, 1.165) is 25.1 Å². The molecule has 5 nitrogen and oxygen atoms in total. The van der Waals surface area contributed by atoms with Crippen LogP contribution in [0.15, 0.2) is 18.3 Å². The van der Waals surface area contributed by atoms with E-state index in [1.807, 2.05) is 6.07 Å². The Kier molecular flexibility index (Phi) is 3.28. The predicted molar refractivity (Wildman–Crippen MR) is 66.9 cm³/mol. The van der Waals surface area contributed by atoms with E-state index in [-0.39, 0.29) is 11.4 Å². The summed E-state index contributed by atoms with van der Waals surface area (Å²) in [6.45, 7) is 0.740. The van der Waals surface area contributed by atoms with Crippen molar-refractivity contribution in [2.24, 2.45) is 5.73 Å². The molecule has 1 heterocycles. The van der Waals surface area contributed by atoms with Gasteiger partial charge in [0.25, 0.3) is 5.91 Å². The SMILES string of the molecule is CNC(=O)c1cc(NCC2(N)CCC2)ccn1. The molecule has 1 saturated carbocycles. The molecule has 92 valence electrons. The van der Waals surface area contributed by atoms with Gasteiger partial charge in [-0.15, -0.1) is 0 Å². The zero-order valence-electron chi connectivity index (χ0n) is 9.99. The number of carbonyl (C=O) groups excluding carboxylic acids is 1. The van der Waals surface area contributed by atoms with Gasteiger partial charge in [0.05, 0.1) is 0 Å². The fourth-order valence-corrected chi connectivity index (χ4v) is 1.88. The summed E-state index contributed by atoms with van der Waals surface area (Å²) in [5.41, 5.74) is 7.34. The fraction of sp³-hybridized carbons (Fsp3) is 0.500. The number of amides is 1. The molecule has 0 bridgehead atoms. The van der Waals surface area contributed by atoms with Crippen molar-refractivity contribution in [3.8, 4) is 0 Å². The minimum atomic E-state index is -0.181. The van der Waals surface area contributed by atoms with Crippen LogP contribution in [0.1, 0.15) is 29.8 Å². The summed E-state index contributed by atoms with van der Waals surface area (Å²) in [6, 6.07) is 3.58. The van der Waals surface area contributed by atoms with E-state index in [4.69, 9.17) is 5.73 Å². The van der Waals surface area contributed by atoms with Gasteiger partial charge in [0, 0.05) is 31.0 Å². The number of anilines is 1. The van der Waals surface area contributed by atoms with Gasteiger partial charge >= 0.3 is 0 Å². The summed E-state index contributed by atoms with van der Waals surface area (Å²) in [7, 11) is 1.59. The molecule has 4 N–H and O–H groups in total. The molecule has 0 aliphatic heterocycles. The first kappa shape index (κ1) is 11.9. The third-order valence-electron chi connectivity index (χ3n) is 3.21. The Hall–Kier alpha value is -1.62. The predicted octanol–water partition coefficient (Wildman–Crippen LogP) is 0.734. The molecular formula is C12H18N4O. The van der Waals surface area contributed by atoms with Gasteiger partial charge in [-0.05, 0) is 31.4 Å². The van der Waals surface area contributed by atoms with Gasteiger partial charge in [-0.25, -0.2) is 0 Å². The number of carbonyl (C=O) groups is 1. The molecule has 1 aliphatic rings. The maximum absolute atomic E-state index is 11.4. The number of nitrogens with two attached hydrogens (primary N) is 1. The number of hydrogen-bond acceptors (Lipinski definition) is 4. The highest BCUT2D eigenvalue weighted by atomic mass is 16.1. The Bertz CT molecular complexity index is 415. The lowest BCUT2D eigenvalue weighted by Gasteiger charge is -2.38. The maximum atomic E-state index is 11.4. The normalized spacial score (nSPS) is 17.1. The third kappa shape index (κ3) is 2.74. The summed E-state index contributed by atoms with van der Waals surface area (Å²) in [5.74, 6) is -0.181. The molecule has 2 rings (SSSR count). The van der Waals surface area contributed by atoms with Crippen molar-refractivity contribution in [3.05, 3.63) is 24.0 Å². The second-order valence-electron chi connectivity index (χ2n) is 4.58. The Morgan fingerprint density at radius 2 is 2.35 bits per heavy atom. The van der Waals surface area contributed by atoms with E-state index in [1.165, 1.54) is 6.42 Å². The number of hydrogen-bond donors (Lipinski definition) is 3. The van der Waals surface area contributed by atoms with Gasteiger partial charge in [-0.1, -0.05) is 0 Å². The van der Waals surface area contributed by atoms with Crippen LogP contribution in [0.3, 0.4) is 0 Å². The topological polar surface area (TPSA) is 80.0 Å². The Labute approximate surface area is 101 Å². The van der Waals surface area contributed by atoms with E-state index >= 15 is 0 Å². The van der Waals surface area contributed by atoms with Crippen molar-refractivity contribution in [1.82, 2.24) is 10.3 Å². The van der Waals surface area contributed by atoms with Gasteiger partial charge in [-0.3, -0.25) is 9.78 Å². The summed E-state index contributed by atoms with van der Waals surface area (Å²) in [6.07, 6.45) is 4.95. The first-order valence-corrected chi connectivity index (χ1v) is 5.84. The van der Waals surface area contributed by atoms with Crippen LogP contribution in [0.5, 0.6) is 0 Å². The van der Waals surface area contributed by atoms with Crippen LogP contribution in [0.4, 0.5) is 5.69 Å². The molecule has 1 aromatic heterocycles. The number of nitrogens with zero attached hydrogens (tertiary/aromatic N) is 1. The zero-order valence-corrected chi connectivity index (χ0v) is 9.99. The van der Waals surface area contributed by atoms with E-state index in [9.17, 15) is 4.79 Å². The molecule has 0 radical (unpaired) electrons. The second kappa shape index (κ2) is 4.71. The number of nitrogens with one attached hydrogen (secondary N) is 2. The minimum Gasteiger partial charge on any atom is -0.383 e. The van der Waals surface area contributed by atoms with Gasteiger partial charge in [-0.2, -0.15) is 0 Å². The smallest absolute Gasteiger partial charge is 0.269 e. The van der Waals surface area contributed by atoms with Crippen molar-refractivity contribution in [3.63, 3.8) is 0 Å². The Morgan fingerprint density at radius 1 is 1.59 bits per heavy atom. The Morgan fingerprint density at radius 3 is 2.94 bits per heavy atom. The van der Waals surface area contributed by atoms with Gasteiger partial charge in [0.15, 0.2) is 0 Å². The van der Waals surface area contributed by atoms with Gasteiger partial charge in [0.2, 0.25) is 0 Å². The van der Waals surface area contributed by atoms with E-state index < -0.39 is 0 Å². The van der Waals surface area contributed by atoms with Crippen molar-refractivity contribution < 1.29 is 4.79 Å². The van der Waals surface area contributed by atoms with Crippen molar-refractivity contribution in [2.45, 2.75) is 24.8 Å². The molecule has 0 saturated heterocycles. The monoisotopic (exact) mass is 234 g/mol. The molecule has 17 heavy (non-hydrogen) atoms. The van der Waals surface area contributed by atoms with Crippen LogP contribution in [-0.4, -0.2) is 30.0 Å². The van der Waals surface area contributed by atoms with E-state index in [0.29, 0.717) is 5.69 Å². The largest absolute Gasteiger partial charge is 0.383 e. The molecule has 5 heteroatoms. The number of pyridine rings is 1. The molecular weight excluding hydrogens is 216 g/mol. The van der Waals surface area contributed by atoms with Crippen molar-refractivity contribution >= 4 is 11.6 Å². The lowest BCUT2D eigenvalue weighted by Crippen LogP contribution is -2.51. The molecule has 1 aromatic rings. The lowest BCUT2D eigenvalue weighted by atomic mass is 9.78. The molecule has 0 atom stereocenters. The highest BCUT2D eigenvalue weighted by molar-refractivity contribution is 5.92. The van der Waals surface area contributed by atoms with Crippen molar-refractivity contribution in [1.29, 1.82) is 0 Å².